The molecule has 0 saturated heterocycles. The molecule has 5 heteroatoms. The molecule has 16 heavy (non-hydrogen) atoms. The summed E-state index contributed by atoms with van der Waals surface area (Å²) in [5.41, 5.74) is 0. The van der Waals surface area contributed by atoms with Gasteiger partial charge >= 0.3 is 0 Å². The van der Waals surface area contributed by atoms with Crippen LogP contribution in [0.25, 0.3) is 0 Å². The quantitative estimate of drug-likeness (QED) is 0.514. The van der Waals surface area contributed by atoms with Gasteiger partial charge in [-0.2, -0.15) is 0 Å². The molecule has 0 saturated carbocycles. The van der Waals surface area contributed by atoms with E-state index in [0.717, 1.165) is 19.4 Å². The van der Waals surface area contributed by atoms with Crippen LogP contribution < -0.4 is 16.0 Å². The number of likely N-dealkylation sites (N-methyl/N-ethyl adjacent to an activating group) is 1. The van der Waals surface area contributed by atoms with Crippen LogP contribution in [-0.4, -0.2) is 38.0 Å². The fourth-order valence-electron chi connectivity index (χ4n) is 1.46. The van der Waals surface area contributed by atoms with Crippen LogP contribution in [0.2, 0.25) is 0 Å². The second-order valence-electron chi connectivity index (χ2n) is 3.75. The lowest BCUT2D eigenvalue weighted by atomic mass is 10.1. The molecule has 0 bridgehead atoms. The predicted octanol–water partition coefficient (Wildman–Crippen LogP) is 0.0169. The highest BCUT2D eigenvalue weighted by molar-refractivity contribution is 5.86. The Morgan fingerprint density at radius 1 is 1.25 bits per heavy atom. The molecule has 0 spiro atoms. The average Bonchev–Trinajstić information content (AvgIpc) is 2.22. The van der Waals surface area contributed by atoms with Crippen molar-refractivity contribution < 1.29 is 9.59 Å². The van der Waals surface area contributed by atoms with Crippen LogP contribution in [0, 0.1) is 0 Å². The first-order chi connectivity index (χ1) is 7.61. The minimum atomic E-state index is -0.394. The number of carbonyl (C=O) groups excluding carboxylic acids is 2. The van der Waals surface area contributed by atoms with Crippen LogP contribution in [0.4, 0.5) is 0 Å². The van der Waals surface area contributed by atoms with Crippen molar-refractivity contribution in [3.63, 3.8) is 0 Å². The summed E-state index contributed by atoms with van der Waals surface area (Å²) in [4.78, 5) is 22.5. The van der Waals surface area contributed by atoms with Crippen LogP contribution in [-0.2, 0) is 9.59 Å². The van der Waals surface area contributed by atoms with Gasteiger partial charge < -0.3 is 16.0 Å². The third kappa shape index (κ3) is 7.23. The van der Waals surface area contributed by atoms with Crippen LogP contribution >= 0.6 is 0 Å². The van der Waals surface area contributed by atoms with Crippen molar-refractivity contribution in [2.75, 3.05) is 20.1 Å². The molecule has 0 fully saturated rings. The topological polar surface area (TPSA) is 70.2 Å². The molecule has 0 radical (unpaired) electrons. The Balaban J connectivity index is 3.99. The third-order valence-corrected chi connectivity index (χ3v) is 2.21. The normalized spacial score (nSPS) is 11.9. The van der Waals surface area contributed by atoms with E-state index in [1.54, 1.807) is 0 Å². The number of carbonyl (C=O) groups is 2. The van der Waals surface area contributed by atoms with Crippen molar-refractivity contribution in [3.8, 4) is 0 Å². The third-order valence-electron chi connectivity index (χ3n) is 2.21. The van der Waals surface area contributed by atoms with Gasteiger partial charge in [-0.15, -0.1) is 0 Å². The first kappa shape index (κ1) is 14.9. The standard InChI is InChI=1S/C11H23N3O2/c1-4-13-11(16)10(14-9(2)15)7-5-6-8-12-3/h10,12H,4-8H2,1-3H3,(H,13,16)(H,14,15)/t10-/m0/s1. The first-order valence-corrected chi connectivity index (χ1v) is 5.81. The summed E-state index contributed by atoms with van der Waals surface area (Å²) in [6.45, 7) is 4.82. The Kier molecular flexibility index (Phi) is 8.52. The highest BCUT2D eigenvalue weighted by Gasteiger charge is 2.17. The van der Waals surface area contributed by atoms with E-state index in [1.807, 2.05) is 14.0 Å². The van der Waals surface area contributed by atoms with E-state index in [0.29, 0.717) is 13.0 Å². The Bertz CT molecular complexity index is 219. The van der Waals surface area contributed by atoms with Gasteiger partial charge in [0.25, 0.3) is 0 Å². The molecular weight excluding hydrogens is 206 g/mol. The van der Waals surface area contributed by atoms with E-state index in [2.05, 4.69) is 16.0 Å². The minimum absolute atomic E-state index is 0.0952. The van der Waals surface area contributed by atoms with Gasteiger partial charge in [-0.1, -0.05) is 0 Å². The summed E-state index contributed by atoms with van der Waals surface area (Å²) in [6, 6.07) is -0.394. The predicted molar refractivity (Wildman–Crippen MR) is 64.1 cm³/mol. The van der Waals surface area contributed by atoms with Crippen LogP contribution in [0.3, 0.4) is 0 Å². The molecular formula is C11H23N3O2. The van der Waals surface area contributed by atoms with Crippen LogP contribution in [0.15, 0.2) is 0 Å². The van der Waals surface area contributed by atoms with Crippen molar-refractivity contribution in [2.24, 2.45) is 0 Å². The lowest BCUT2D eigenvalue weighted by molar-refractivity contribution is -0.128. The fraction of sp³-hybridized carbons (Fsp3) is 0.818. The highest BCUT2D eigenvalue weighted by Crippen LogP contribution is 2.01. The summed E-state index contributed by atoms with van der Waals surface area (Å²) in [7, 11) is 1.90. The molecule has 0 aromatic carbocycles. The van der Waals surface area contributed by atoms with Gasteiger partial charge in [-0.3, -0.25) is 9.59 Å². The van der Waals surface area contributed by atoms with E-state index >= 15 is 0 Å². The van der Waals surface area contributed by atoms with E-state index in [9.17, 15) is 9.59 Å². The maximum absolute atomic E-state index is 11.6. The summed E-state index contributed by atoms with van der Waals surface area (Å²) >= 11 is 0. The average molecular weight is 229 g/mol. The minimum Gasteiger partial charge on any atom is -0.355 e. The smallest absolute Gasteiger partial charge is 0.242 e. The lowest BCUT2D eigenvalue weighted by Crippen LogP contribution is -2.46. The molecule has 0 unspecified atom stereocenters. The summed E-state index contributed by atoms with van der Waals surface area (Å²) in [6.07, 6.45) is 2.61. The van der Waals surface area contributed by atoms with E-state index in [4.69, 9.17) is 0 Å². The van der Waals surface area contributed by atoms with Gasteiger partial charge in [0.2, 0.25) is 11.8 Å². The van der Waals surface area contributed by atoms with Crippen molar-refractivity contribution in [1.82, 2.24) is 16.0 Å². The van der Waals surface area contributed by atoms with Crippen molar-refractivity contribution in [1.29, 1.82) is 0 Å². The molecule has 0 rings (SSSR count). The Hall–Kier alpha value is -1.10. The monoisotopic (exact) mass is 229 g/mol. The lowest BCUT2D eigenvalue weighted by Gasteiger charge is -2.16. The SMILES string of the molecule is CCNC(=O)[C@H](CCCCNC)NC(C)=O. The summed E-state index contributed by atoms with van der Waals surface area (Å²) in [5, 5.41) is 8.44. The maximum atomic E-state index is 11.6. The van der Waals surface area contributed by atoms with E-state index in [-0.39, 0.29) is 11.8 Å². The number of hydrogen-bond donors (Lipinski definition) is 3. The fourth-order valence-corrected chi connectivity index (χ4v) is 1.46. The maximum Gasteiger partial charge on any atom is 0.242 e. The molecule has 94 valence electrons. The van der Waals surface area contributed by atoms with Crippen molar-refractivity contribution >= 4 is 11.8 Å². The largest absolute Gasteiger partial charge is 0.355 e. The van der Waals surface area contributed by atoms with Crippen molar-refractivity contribution in [2.45, 2.75) is 39.2 Å². The molecule has 0 aromatic heterocycles. The van der Waals surface area contributed by atoms with Gasteiger partial charge in [-0.05, 0) is 39.8 Å². The molecule has 5 nitrogen and oxygen atoms in total. The number of unbranched alkanes of at least 4 members (excludes halogenated alkanes) is 1. The van der Waals surface area contributed by atoms with Gasteiger partial charge in [0.05, 0.1) is 0 Å². The molecule has 0 aromatic rings. The molecule has 0 heterocycles. The zero-order valence-electron chi connectivity index (χ0n) is 10.4. The van der Waals surface area contributed by atoms with Crippen LogP contribution in [0.5, 0.6) is 0 Å². The Morgan fingerprint density at radius 2 is 1.94 bits per heavy atom. The zero-order chi connectivity index (χ0) is 12.4. The number of nitrogens with one attached hydrogen (secondary N) is 3. The number of amides is 2. The van der Waals surface area contributed by atoms with Gasteiger partial charge in [0, 0.05) is 13.5 Å². The molecule has 1 atom stereocenters. The van der Waals surface area contributed by atoms with E-state index in [1.165, 1.54) is 6.92 Å². The number of hydrogen-bond acceptors (Lipinski definition) is 3. The van der Waals surface area contributed by atoms with Crippen LogP contribution in [0.1, 0.15) is 33.1 Å². The van der Waals surface area contributed by atoms with Gasteiger partial charge in [-0.25, -0.2) is 0 Å². The summed E-state index contributed by atoms with van der Waals surface area (Å²) in [5.74, 6) is -0.257. The number of rotatable bonds is 8. The first-order valence-electron chi connectivity index (χ1n) is 5.81. The molecule has 0 aliphatic heterocycles. The molecule has 0 aliphatic rings. The van der Waals surface area contributed by atoms with Gasteiger partial charge in [0.1, 0.15) is 6.04 Å². The second kappa shape index (κ2) is 9.15. The summed E-state index contributed by atoms with van der Waals surface area (Å²) < 4.78 is 0. The highest BCUT2D eigenvalue weighted by atomic mass is 16.2. The molecule has 2 amide bonds. The van der Waals surface area contributed by atoms with Crippen molar-refractivity contribution in [3.05, 3.63) is 0 Å². The van der Waals surface area contributed by atoms with Gasteiger partial charge in [0.15, 0.2) is 0 Å². The molecule has 3 N–H and O–H groups in total. The van der Waals surface area contributed by atoms with E-state index < -0.39 is 6.04 Å². The zero-order valence-corrected chi connectivity index (χ0v) is 10.4. The second-order valence-corrected chi connectivity index (χ2v) is 3.75. The Morgan fingerprint density at radius 3 is 2.44 bits per heavy atom. The molecule has 0 aliphatic carbocycles. The Labute approximate surface area is 97.4 Å².